The second kappa shape index (κ2) is 9.50. The zero-order valence-corrected chi connectivity index (χ0v) is 22.3. The van der Waals surface area contributed by atoms with Crippen LogP contribution in [-0.2, 0) is 19.0 Å². The Morgan fingerprint density at radius 2 is 1.89 bits per heavy atom. The van der Waals surface area contributed by atoms with Crippen molar-refractivity contribution in [1.82, 2.24) is 14.5 Å². The number of fused-ring (bicyclic) bond motifs is 3. The van der Waals surface area contributed by atoms with E-state index in [-0.39, 0.29) is 16.6 Å². The van der Waals surface area contributed by atoms with Crippen molar-refractivity contribution >= 4 is 50.7 Å². The highest BCUT2D eigenvalue weighted by Gasteiger charge is 2.34. The van der Waals surface area contributed by atoms with Gasteiger partial charge in [0.15, 0.2) is 5.78 Å². The number of carbonyl (C=O) groups is 1. The molecule has 36 heavy (non-hydrogen) atoms. The summed E-state index contributed by atoms with van der Waals surface area (Å²) >= 11 is 8.92. The number of thiophene rings is 1. The summed E-state index contributed by atoms with van der Waals surface area (Å²) < 4.78 is 41.9. The van der Waals surface area contributed by atoms with Gasteiger partial charge in [0.05, 0.1) is 16.3 Å². The number of ketones is 1. The molecule has 0 spiro atoms. The Labute approximate surface area is 219 Å². The van der Waals surface area contributed by atoms with Gasteiger partial charge in [0.25, 0.3) is 0 Å². The first kappa shape index (κ1) is 25.3. The molecule has 0 amide bonds. The van der Waals surface area contributed by atoms with Crippen LogP contribution < -0.4 is 0 Å². The molecule has 4 nitrogen and oxygen atoms in total. The van der Waals surface area contributed by atoms with Crippen LogP contribution in [0.3, 0.4) is 0 Å². The van der Waals surface area contributed by atoms with Gasteiger partial charge in [-0.3, -0.25) is 4.79 Å². The molecule has 0 atom stereocenters. The van der Waals surface area contributed by atoms with Gasteiger partial charge in [-0.15, -0.1) is 11.3 Å². The van der Waals surface area contributed by atoms with Crippen LogP contribution in [0.25, 0.3) is 15.9 Å². The highest BCUT2D eigenvalue weighted by atomic mass is 35.5. The Morgan fingerprint density at radius 3 is 2.64 bits per heavy atom. The highest BCUT2D eigenvalue weighted by molar-refractivity contribution is 8.00. The zero-order chi connectivity index (χ0) is 25.8. The standard InChI is InChI=1S/C26H23ClF3N3OS2/c1-13-10-18(14(2)33(13)16-8-9-20(27)19(11-16)26(28,29)30)21(34)12-35-24-23-17-6-4-5-7-22(17)36-25(23)32-15(3)31-24/h8-11H,4-7,12H2,1-3H3. The third-order valence-corrected chi connectivity index (χ3v) is 8.97. The fraction of sp³-hybridized carbons (Fsp3) is 0.346. The number of alkyl halides is 3. The number of thioether (sulfide) groups is 1. The van der Waals surface area contributed by atoms with Crippen molar-refractivity contribution in [2.45, 2.75) is 57.7 Å². The lowest BCUT2D eigenvalue weighted by Crippen LogP contribution is -2.09. The Balaban J connectivity index is 1.44. The number of aromatic nitrogens is 3. The van der Waals surface area contributed by atoms with E-state index in [1.54, 1.807) is 35.8 Å². The van der Waals surface area contributed by atoms with Crippen molar-refractivity contribution in [2.24, 2.45) is 0 Å². The summed E-state index contributed by atoms with van der Waals surface area (Å²) in [7, 11) is 0. The van der Waals surface area contributed by atoms with Gasteiger partial charge in [-0.05, 0) is 76.3 Å². The topological polar surface area (TPSA) is 47.8 Å². The van der Waals surface area contributed by atoms with Gasteiger partial charge < -0.3 is 4.57 Å². The highest BCUT2D eigenvalue weighted by Crippen LogP contribution is 2.40. The van der Waals surface area contributed by atoms with E-state index in [9.17, 15) is 18.0 Å². The van der Waals surface area contributed by atoms with E-state index in [0.29, 0.717) is 28.5 Å². The predicted molar refractivity (Wildman–Crippen MR) is 139 cm³/mol. The molecule has 1 aromatic carbocycles. The quantitative estimate of drug-likeness (QED) is 0.144. The number of benzene rings is 1. The molecule has 0 bridgehead atoms. The number of carbonyl (C=O) groups excluding carboxylic acids is 1. The molecule has 0 N–H and O–H groups in total. The van der Waals surface area contributed by atoms with Crippen LogP contribution >= 0.6 is 34.7 Å². The lowest BCUT2D eigenvalue weighted by atomic mass is 9.97. The summed E-state index contributed by atoms with van der Waals surface area (Å²) in [5, 5.41) is 1.54. The summed E-state index contributed by atoms with van der Waals surface area (Å²) in [5.74, 6) is 0.754. The number of halogens is 4. The number of rotatable bonds is 5. The summed E-state index contributed by atoms with van der Waals surface area (Å²) in [4.78, 5) is 24.9. The number of nitrogens with zero attached hydrogens (tertiary/aromatic N) is 3. The van der Waals surface area contributed by atoms with Gasteiger partial charge in [-0.1, -0.05) is 23.4 Å². The minimum absolute atomic E-state index is 0.0992. The molecule has 5 rings (SSSR count). The fourth-order valence-corrected chi connectivity index (χ4v) is 7.43. The van der Waals surface area contributed by atoms with Crippen LogP contribution in [0.5, 0.6) is 0 Å². The van der Waals surface area contributed by atoms with Crippen LogP contribution in [0.4, 0.5) is 13.2 Å². The molecule has 0 saturated carbocycles. The predicted octanol–water partition coefficient (Wildman–Crippen LogP) is 7.93. The monoisotopic (exact) mass is 549 g/mol. The largest absolute Gasteiger partial charge is 0.417 e. The van der Waals surface area contributed by atoms with Crippen molar-refractivity contribution in [3.8, 4) is 5.69 Å². The first-order chi connectivity index (χ1) is 17.0. The average Bonchev–Trinajstić information content (AvgIpc) is 3.33. The summed E-state index contributed by atoms with van der Waals surface area (Å²) in [6.07, 6.45) is -0.181. The van der Waals surface area contributed by atoms with Gasteiger partial charge >= 0.3 is 6.18 Å². The molecule has 0 aliphatic heterocycles. The minimum atomic E-state index is -4.57. The van der Waals surface area contributed by atoms with Crippen LogP contribution in [0, 0.1) is 20.8 Å². The second-order valence-corrected chi connectivity index (χ2v) is 11.4. The molecule has 3 aromatic heterocycles. The molecule has 0 radical (unpaired) electrons. The number of aryl methyl sites for hydroxylation is 4. The SMILES string of the molecule is Cc1nc(SCC(=O)c2cc(C)n(-c3ccc(Cl)c(C(F)(F)F)c3)c2C)c2c3c(sc2n1)CCCC3. The lowest BCUT2D eigenvalue weighted by Gasteiger charge is -2.14. The molecule has 0 fully saturated rings. The lowest BCUT2D eigenvalue weighted by molar-refractivity contribution is -0.137. The zero-order valence-electron chi connectivity index (χ0n) is 19.9. The van der Waals surface area contributed by atoms with Crippen LogP contribution in [0.1, 0.15) is 56.4 Å². The number of Topliss-reactive ketones (excluding diaryl/α,β-unsaturated/α-hetero) is 1. The molecular formula is C26H23ClF3N3OS2. The second-order valence-electron chi connectivity index (χ2n) is 8.96. The number of hydrogen-bond donors (Lipinski definition) is 0. The van der Waals surface area contributed by atoms with Gasteiger partial charge in [0.1, 0.15) is 15.7 Å². The van der Waals surface area contributed by atoms with Gasteiger partial charge in [0, 0.05) is 32.9 Å². The molecule has 188 valence electrons. The van der Waals surface area contributed by atoms with Crippen LogP contribution in [-0.4, -0.2) is 26.1 Å². The molecule has 10 heteroatoms. The van der Waals surface area contributed by atoms with Gasteiger partial charge in [0.2, 0.25) is 0 Å². The van der Waals surface area contributed by atoms with E-state index >= 15 is 0 Å². The maximum Gasteiger partial charge on any atom is 0.417 e. The number of hydrogen-bond acceptors (Lipinski definition) is 5. The van der Waals surface area contributed by atoms with E-state index in [1.807, 2.05) is 6.92 Å². The normalized spacial score (nSPS) is 13.9. The smallest absolute Gasteiger partial charge is 0.318 e. The molecule has 1 aliphatic rings. The first-order valence-corrected chi connectivity index (χ1v) is 13.7. The average molecular weight is 550 g/mol. The Hall–Kier alpha value is -2.36. The van der Waals surface area contributed by atoms with Crippen molar-refractivity contribution in [3.63, 3.8) is 0 Å². The molecule has 0 unspecified atom stereocenters. The molecule has 4 aromatic rings. The first-order valence-electron chi connectivity index (χ1n) is 11.6. The van der Waals surface area contributed by atoms with Crippen LogP contribution in [0.2, 0.25) is 5.02 Å². The van der Waals surface area contributed by atoms with E-state index in [4.69, 9.17) is 11.6 Å². The molecule has 0 saturated heterocycles. The fourth-order valence-electron chi connectivity index (χ4n) is 4.85. The summed E-state index contributed by atoms with van der Waals surface area (Å²) in [5.41, 5.74) is 2.47. The van der Waals surface area contributed by atoms with E-state index in [2.05, 4.69) is 9.97 Å². The molecule has 3 heterocycles. The van der Waals surface area contributed by atoms with Gasteiger partial charge in [-0.2, -0.15) is 13.2 Å². The van der Waals surface area contributed by atoms with Crippen LogP contribution in [0.15, 0.2) is 29.3 Å². The third-order valence-electron chi connectivity index (χ3n) is 6.48. The van der Waals surface area contributed by atoms with E-state index in [1.165, 1.54) is 40.8 Å². The van der Waals surface area contributed by atoms with E-state index < -0.39 is 11.7 Å². The maximum absolute atomic E-state index is 13.4. The van der Waals surface area contributed by atoms with Crippen molar-refractivity contribution < 1.29 is 18.0 Å². The Kier molecular flexibility index (Phi) is 6.68. The van der Waals surface area contributed by atoms with Crippen molar-refractivity contribution in [2.75, 3.05) is 5.75 Å². The Bertz CT molecular complexity index is 1510. The maximum atomic E-state index is 13.4. The van der Waals surface area contributed by atoms with Crippen molar-refractivity contribution in [1.29, 1.82) is 0 Å². The van der Waals surface area contributed by atoms with E-state index in [0.717, 1.165) is 40.6 Å². The third kappa shape index (κ3) is 4.57. The molecular weight excluding hydrogens is 527 g/mol. The minimum Gasteiger partial charge on any atom is -0.318 e. The molecule has 1 aliphatic carbocycles. The van der Waals surface area contributed by atoms with Gasteiger partial charge in [-0.25, -0.2) is 9.97 Å². The Morgan fingerprint density at radius 1 is 1.14 bits per heavy atom. The van der Waals surface area contributed by atoms with Crippen molar-refractivity contribution in [3.05, 3.63) is 68.1 Å². The summed E-state index contributed by atoms with van der Waals surface area (Å²) in [6.45, 7) is 5.38. The summed E-state index contributed by atoms with van der Waals surface area (Å²) in [6, 6.07) is 5.51.